The zero-order chi connectivity index (χ0) is 14.3. The van der Waals surface area contributed by atoms with Crippen molar-refractivity contribution in [2.45, 2.75) is 6.54 Å². The highest BCUT2D eigenvalue weighted by molar-refractivity contribution is 14.1. The molecule has 0 aliphatic rings. The van der Waals surface area contributed by atoms with E-state index in [4.69, 9.17) is 14.2 Å². The van der Waals surface area contributed by atoms with Gasteiger partial charge in [-0.3, -0.25) is 10.0 Å². The molecule has 0 aliphatic carbocycles. The molecule has 19 heavy (non-hydrogen) atoms. The van der Waals surface area contributed by atoms with Crippen LogP contribution in [0.5, 0.6) is 11.5 Å². The Kier molecular flexibility index (Phi) is 6.89. The number of ether oxygens (including phenoxy) is 3. The molecule has 0 saturated carbocycles. The highest BCUT2D eigenvalue weighted by atomic mass is 127. The van der Waals surface area contributed by atoms with Crippen LogP contribution in [0, 0.1) is 3.57 Å². The second-order valence-corrected chi connectivity index (χ2v) is 4.82. The third-order valence-corrected chi connectivity index (χ3v) is 3.09. The fourth-order valence-electron chi connectivity index (χ4n) is 1.46. The van der Waals surface area contributed by atoms with Crippen molar-refractivity contribution < 1.29 is 24.2 Å². The summed E-state index contributed by atoms with van der Waals surface area (Å²) in [6.07, 6.45) is 0.350. The van der Waals surface area contributed by atoms with Crippen molar-refractivity contribution in [1.82, 2.24) is 5.06 Å². The van der Waals surface area contributed by atoms with Gasteiger partial charge in [0.2, 0.25) is 6.41 Å². The first-order chi connectivity index (χ1) is 9.12. The number of rotatable bonds is 8. The molecule has 1 aromatic rings. The Balaban J connectivity index is 2.90. The van der Waals surface area contributed by atoms with Crippen LogP contribution in [0.4, 0.5) is 0 Å². The van der Waals surface area contributed by atoms with E-state index < -0.39 is 0 Å². The van der Waals surface area contributed by atoms with E-state index in [0.717, 1.165) is 9.13 Å². The summed E-state index contributed by atoms with van der Waals surface area (Å²) in [5, 5.41) is 9.75. The van der Waals surface area contributed by atoms with Crippen LogP contribution in [0.25, 0.3) is 0 Å². The molecule has 1 rings (SSSR count). The van der Waals surface area contributed by atoms with Crippen molar-refractivity contribution in [2.24, 2.45) is 0 Å². The van der Waals surface area contributed by atoms with Crippen LogP contribution in [0.3, 0.4) is 0 Å². The number of hydrogen-bond acceptors (Lipinski definition) is 5. The summed E-state index contributed by atoms with van der Waals surface area (Å²) in [5.74, 6) is 1.18. The summed E-state index contributed by atoms with van der Waals surface area (Å²) in [6.45, 7) is 0.993. The third kappa shape index (κ3) is 4.84. The lowest BCUT2D eigenvalue weighted by atomic mass is 10.2. The first kappa shape index (κ1) is 16.0. The number of halogens is 1. The van der Waals surface area contributed by atoms with E-state index in [-0.39, 0.29) is 6.54 Å². The van der Waals surface area contributed by atoms with Crippen molar-refractivity contribution in [3.63, 3.8) is 0 Å². The Morgan fingerprint density at radius 2 is 2.11 bits per heavy atom. The first-order valence-corrected chi connectivity index (χ1v) is 6.59. The van der Waals surface area contributed by atoms with E-state index >= 15 is 0 Å². The van der Waals surface area contributed by atoms with Gasteiger partial charge in [-0.05, 0) is 40.3 Å². The molecule has 6 nitrogen and oxygen atoms in total. The predicted molar refractivity (Wildman–Crippen MR) is 76.5 cm³/mol. The van der Waals surface area contributed by atoms with Gasteiger partial charge < -0.3 is 14.2 Å². The average molecular weight is 381 g/mol. The van der Waals surface area contributed by atoms with E-state index in [1.807, 2.05) is 6.07 Å². The molecule has 0 atom stereocenters. The highest BCUT2D eigenvalue weighted by Crippen LogP contribution is 2.34. The van der Waals surface area contributed by atoms with Crippen LogP contribution in [-0.2, 0) is 16.1 Å². The van der Waals surface area contributed by atoms with E-state index in [9.17, 15) is 10.0 Å². The molecule has 7 heteroatoms. The zero-order valence-electron chi connectivity index (χ0n) is 10.8. The molecule has 0 aromatic heterocycles. The van der Waals surface area contributed by atoms with Gasteiger partial charge >= 0.3 is 0 Å². The molecular formula is C12H16INO5. The van der Waals surface area contributed by atoms with Crippen LogP contribution in [0.1, 0.15) is 5.56 Å². The number of methoxy groups -OCH3 is 2. The summed E-state index contributed by atoms with van der Waals surface area (Å²) < 4.78 is 16.6. The summed E-state index contributed by atoms with van der Waals surface area (Å²) in [5.41, 5.74) is 0.745. The molecule has 0 bridgehead atoms. The summed E-state index contributed by atoms with van der Waals surface area (Å²) in [4.78, 5) is 10.4. The molecule has 0 aliphatic heterocycles. The lowest BCUT2D eigenvalue weighted by molar-refractivity contribution is -0.152. The number of carbonyl (C=O) groups excluding carboxylic acids is 1. The van der Waals surface area contributed by atoms with Gasteiger partial charge in [0, 0.05) is 7.11 Å². The quantitative estimate of drug-likeness (QED) is 0.244. The number of hydrogen-bond donors (Lipinski definition) is 1. The molecule has 0 spiro atoms. The lowest BCUT2D eigenvalue weighted by Gasteiger charge is -2.15. The number of nitrogens with zero attached hydrogens (tertiary/aromatic N) is 1. The van der Waals surface area contributed by atoms with Crippen molar-refractivity contribution in [3.8, 4) is 11.5 Å². The van der Waals surface area contributed by atoms with Crippen LogP contribution < -0.4 is 9.47 Å². The third-order valence-electron chi connectivity index (χ3n) is 2.29. The fourth-order valence-corrected chi connectivity index (χ4v) is 2.28. The zero-order valence-corrected chi connectivity index (χ0v) is 12.9. The maximum Gasteiger partial charge on any atom is 0.233 e. The van der Waals surface area contributed by atoms with Crippen LogP contribution in [-0.4, -0.2) is 44.1 Å². The fraction of sp³-hybridized carbons (Fsp3) is 0.417. The number of hydroxylamine groups is 2. The minimum Gasteiger partial charge on any atom is -0.493 e. The second-order valence-electron chi connectivity index (χ2n) is 3.65. The van der Waals surface area contributed by atoms with Gasteiger partial charge in [0.15, 0.2) is 11.5 Å². The molecule has 1 amide bonds. The Hall–Kier alpha value is -1.06. The Morgan fingerprint density at radius 1 is 1.37 bits per heavy atom. The number of benzene rings is 1. The summed E-state index contributed by atoms with van der Waals surface area (Å²) in [7, 11) is 3.14. The maximum absolute atomic E-state index is 10.4. The van der Waals surface area contributed by atoms with Gasteiger partial charge in [0.1, 0.15) is 6.61 Å². The molecular weight excluding hydrogens is 365 g/mol. The van der Waals surface area contributed by atoms with Crippen molar-refractivity contribution in [1.29, 1.82) is 0 Å². The first-order valence-electron chi connectivity index (χ1n) is 5.51. The highest BCUT2D eigenvalue weighted by Gasteiger charge is 2.12. The largest absolute Gasteiger partial charge is 0.493 e. The molecule has 1 N–H and O–H groups in total. The van der Waals surface area contributed by atoms with Crippen molar-refractivity contribution in [3.05, 3.63) is 21.3 Å². The van der Waals surface area contributed by atoms with Crippen molar-refractivity contribution in [2.75, 3.05) is 27.4 Å². The van der Waals surface area contributed by atoms with Crippen LogP contribution in [0.2, 0.25) is 0 Å². The molecule has 0 saturated heterocycles. The van der Waals surface area contributed by atoms with Gasteiger partial charge in [0.05, 0.1) is 23.8 Å². The molecule has 0 fully saturated rings. The minimum atomic E-state index is 0.0915. The Morgan fingerprint density at radius 3 is 2.68 bits per heavy atom. The Labute approximate surface area is 125 Å². The number of carbonyl (C=O) groups is 1. The van der Waals surface area contributed by atoms with Crippen LogP contribution >= 0.6 is 22.6 Å². The SMILES string of the molecule is COCCOc1c(I)cc(CN(O)C=O)cc1OC. The smallest absolute Gasteiger partial charge is 0.233 e. The summed E-state index contributed by atoms with van der Waals surface area (Å²) in [6, 6.07) is 3.54. The van der Waals surface area contributed by atoms with Gasteiger partial charge in [-0.2, -0.15) is 0 Å². The topological polar surface area (TPSA) is 68.2 Å². The molecule has 1 aromatic carbocycles. The van der Waals surface area contributed by atoms with Gasteiger partial charge in [0.25, 0.3) is 0 Å². The lowest BCUT2D eigenvalue weighted by Crippen LogP contribution is -2.16. The number of amides is 1. The molecule has 0 heterocycles. The second kappa shape index (κ2) is 8.18. The van der Waals surface area contributed by atoms with E-state index in [2.05, 4.69) is 22.6 Å². The van der Waals surface area contributed by atoms with Gasteiger partial charge in [-0.25, -0.2) is 5.06 Å². The van der Waals surface area contributed by atoms with E-state index in [0.29, 0.717) is 36.2 Å². The average Bonchev–Trinajstić information content (AvgIpc) is 2.40. The normalized spacial score (nSPS) is 10.1. The van der Waals surface area contributed by atoms with Crippen molar-refractivity contribution >= 4 is 29.0 Å². The van der Waals surface area contributed by atoms with Gasteiger partial charge in [-0.1, -0.05) is 0 Å². The minimum absolute atomic E-state index is 0.0915. The van der Waals surface area contributed by atoms with Gasteiger partial charge in [-0.15, -0.1) is 0 Å². The predicted octanol–water partition coefficient (Wildman–Crippen LogP) is 1.67. The Bertz CT molecular complexity index is 427. The van der Waals surface area contributed by atoms with E-state index in [1.165, 1.54) is 7.11 Å². The standard InChI is InChI=1S/C12H16INO5/c1-17-3-4-19-12-10(13)5-9(6-11(12)18-2)7-14(16)8-15/h5-6,8,16H,3-4,7H2,1-2H3. The maximum atomic E-state index is 10.4. The van der Waals surface area contributed by atoms with E-state index in [1.54, 1.807) is 13.2 Å². The molecule has 106 valence electrons. The summed E-state index contributed by atoms with van der Waals surface area (Å²) >= 11 is 2.11. The molecule has 0 radical (unpaired) electrons. The monoisotopic (exact) mass is 381 g/mol. The molecule has 0 unspecified atom stereocenters. The van der Waals surface area contributed by atoms with Crippen LogP contribution in [0.15, 0.2) is 12.1 Å².